The number of nitrogens with one attached hydrogen (secondary N) is 1. The van der Waals surface area contributed by atoms with E-state index in [1.165, 1.54) is 16.9 Å². The monoisotopic (exact) mass is 402 g/mol. The first-order valence-electron chi connectivity index (χ1n) is 9.52. The van der Waals surface area contributed by atoms with Crippen molar-refractivity contribution >= 4 is 23.1 Å². The summed E-state index contributed by atoms with van der Waals surface area (Å²) in [6.45, 7) is 1.97. The van der Waals surface area contributed by atoms with Gasteiger partial charge in [0.15, 0.2) is 5.82 Å². The molecule has 2 aromatic carbocycles. The van der Waals surface area contributed by atoms with Gasteiger partial charge in [-0.15, -0.1) is 16.4 Å². The zero-order chi connectivity index (χ0) is 19.9. The summed E-state index contributed by atoms with van der Waals surface area (Å²) >= 11 is 1.45. The molecule has 0 saturated heterocycles. The number of carbonyl (C=O) groups excluding carboxylic acids is 1. The minimum absolute atomic E-state index is 0.0279. The molecule has 0 radical (unpaired) electrons. The summed E-state index contributed by atoms with van der Waals surface area (Å²) in [6, 6.07) is 25.8. The number of hydrogen-bond donors (Lipinski definition) is 1. The van der Waals surface area contributed by atoms with Crippen molar-refractivity contribution in [3.05, 3.63) is 101 Å². The van der Waals surface area contributed by atoms with Gasteiger partial charge in [-0.1, -0.05) is 54.6 Å². The summed E-state index contributed by atoms with van der Waals surface area (Å²) < 4.78 is 1.79. The van der Waals surface area contributed by atoms with Crippen molar-refractivity contribution in [1.82, 2.24) is 15.1 Å². The van der Waals surface area contributed by atoms with Gasteiger partial charge in [-0.25, -0.2) is 4.68 Å². The van der Waals surface area contributed by atoms with Gasteiger partial charge < -0.3 is 5.32 Å². The van der Waals surface area contributed by atoms with E-state index >= 15 is 0 Å². The number of rotatable bonds is 8. The van der Waals surface area contributed by atoms with Gasteiger partial charge in [0.2, 0.25) is 0 Å². The lowest BCUT2D eigenvalue weighted by Gasteiger charge is -2.20. The number of benzene rings is 2. The average Bonchev–Trinajstić information content (AvgIpc) is 3.47. The van der Waals surface area contributed by atoms with Crippen molar-refractivity contribution in [1.29, 1.82) is 0 Å². The number of anilines is 1. The van der Waals surface area contributed by atoms with Gasteiger partial charge in [-0.05, 0) is 29.1 Å². The molecule has 4 rings (SSSR count). The summed E-state index contributed by atoms with van der Waals surface area (Å²) in [5, 5.41) is 9.98. The van der Waals surface area contributed by atoms with E-state index < -0.39 is 0 Å². The highest BCUT2D eigenvalue weighted by molar-refractivity contribution is 7.12. The third kappa shape index (κ3) is 4.80. The lowest BCUT2D eigenvalue weighted by Crippen LogP contribution is -2.37. The van der Waals surface area contributed by atoms with Crippen molar-refractivity contribution in [2.75, 3.05) is 18.0 Å². The fraction of sp³-hybridized carbons (Fsp3) is 0.130. The molecule has 1 N–H and O–H groups in total. The Balaban J connectivity index is 1.48. The molecule has 0 spiro atoms. The standard InChI is InChI=1S/C23H22N4OS/c28-23(21-12-7-17-29-21)26(16-14-24-18-19-8-3-1-4-9-19)22-13-15-27(25-22)20-10-5-2-6-11-20/h1-13,15,17,24H,14,16,18H2. The molecule has 4 aromatic rings. The summed E-state index contributed by atoms with van der Waals surface area (Å²) in [5.74, 6) is 0.619. The Morgan fingerprint density at radius 2 is 1.72 bits per heavy atom. The van der Waals surface area contributed by atoms with E-state index in [9.17, 15) is 4.79 Å². The Hall–Kier alpha value is -3.22. The van der Waals surface area contributed by atoms with Crippen LogP contribution in [-0.4, -0.2) is 28.8 Å². The Bertz CT molecular complexity index is 1030. The van der Waals surface area contributed by atoms with Gasteiger partial charge in [-0.3, -0.25) is 9.69 Å². The zero-order valence-electron chi connectivity index (χ0n) is 15.9. The summed E-state index contributed by atoms with van der Waals surface area (Å²) in [4.78, 5) is 15.5. The van der Waals surface area contributed by atoms with Crippen molar-refractivity contribution in [3.63, 3.8) is 0 Å². The molecule has 0 bridgehead atoms. The molecule has 2 heterocycles. The molecule has 0 saturated carbocycles. The fourth-order valence-corrected chi connectivity index (χ4v) is 3.73. The van der Waals surface area contributed by atoms with Crippen LogP contribution in [0.4, 0.5) is 5.82 Å². The number of nitrogens with zero attached hydrogens (tertiary/aromatic N) is 3. The molecule has 2 aromatic heterocycles. The summed E-state index contributed by atoms with van der Waals surface area (Å²) in [5.41, 5.74) is 2.18. The Kier molecular flexibility index (Phi) is 6.14. The largest absolute Gasteiger partial charge is 0.311 e. The first kappa shape index (κ1) is 19.1. The minimum Gasteiger partial charge on any atom is -0.311 e. The highest BCUT2D eigenvalue weighted by Crippen LogP contribution is 2.19. The molecular formula is C23H22N4OS. The van der Waals surface area contributed by atoms with Crippen molar-refractivity contribution in [2.24, 2.45) is 0 Å². The van der Waals surface area contributed by atoms with Crippen LogP contribution in [0, 0.1) is 0 Å². The van der Waals surface area contributed by atoms with Crippen molar-refractivity contribution in [2.45, 2.75) is 6.54 Å². The third-order valence-corrected chi connectivity index (χ3v) is 5.39. The molecule has 0 aliphatic carbocycles. The Morgan fingerprint density at radius 1 is 0.966 bits per heavy atom. The van der Waals surface area contributed by atoms with Gasteiger partial charge >= 0.3 is 0 Å². The number of para-hydroxylation sites is 1. The highest BCUT2D eigenvalue weighted by atomic mass is 32.1. The van der Waals surface area contributed by atoms with Crippen molar-refractivity contribution in [3.8, 4) is 5.69 Å². The van der Waals surface area contributed by atoms with Crippen LogP contribution in [0.25, 0.3) is 5.69 Å². The predicted molar refractivity (Wildman–Crippen MR) is 118 cm³/mol. The molecule has 0 aliphatic rings. The second-order valence-electron chi connectivity index (χ2n) is 6.55. The van der Waals surface area contributed by atoms with Crippen LogP contribution in [0.2, 0.25) is 0 Å². The van der Waals surface area contributed by atoms with Crippen LogP contribution in [0.1, 0.15) is 15.2 Å². The molecule has 0 atom stereocenters. The van der Waals surface area contributed by atoms with Crippen LogP contribution in [0.5, 0.6) is 0 Å². The normalized spacial score (nSPS) is 10.8. The molecule has 5 nitrogen and oxygen atoms in total. The molecule has 0 unspecified atom stereocenters. The molecule has 6 heteroatoms. The molecule has 29 heavy (non-hydrogen) atoms. The zero-order valence-corrected chi connectivity index (χ0v) is 16.8. The molecule has 0 fully saturated rings. The molecule has 1 amide bonds. The average molecular weight is 403 g/mol. The number of thiophene rings is 1. The van der Waals surface area contributed by atoms with E-state index in [1.807, 2.05) is 78.3 Å². The lowest BCUT2D eigenvalue weighted by atomic mass is 10.2. The smallest absolute Gasteiger partial charge is 0.269 e. The number of hydrogen-bond acceptors (Lipinski definition) is 4. The van der Waals surface area contributed by atoms with Crippen LogP contribution >= 0.6 is 11.3 Å². The van der Waals surface area contributed by atoms with Crippen molar-refractivity contribution < 1.29 is 4.79 Å². The van der Waals surface area contributed by atoms with Crippen LogP contribution in [-0.2, 0) is 6.54 Å². The molecule has 0 aliphatic heterocycles. The van der Waals surface area contributed by atoms with Gasteiger partial charge in [-0.2, -0.15) is 0 Å². The highest BCUT2D eigenvalue weighted by Gasteiger charge is 2.20. The van der Waals surface area contributed by atoms with Gasteiger partial charge in [0, 0.05) is 31.9 Å². The maximum absolute atomic E-state index is 13.1. The first-order chi connectivity index (χ1) is 14.3. The fourth-order valence-electron chi connectivity index (χ4n) is 3.06. The first-order valence-corrected chi connectivity index (χ1v) is 10.4. The van der Waals surface area contributed by atoms with Crippen LogP contribution < -0.4 is 10.2 Å². The third-order valence-electron chi connectivity index (χ3n) is 4.53. The maximum atomic E-state index is 13.1. The van der Waals surface area contributed by atoms with Gasteiger partial charge in [0.1, 0.15) is 0 Å². The maximum Gasteiger partial charge on any atom is 0.269 e. The molecular weight excluding hydrogens is 380 g/mol. The lowest BCUT2D eigenvalue weighted by molar-refractivity contribution is 0.0990. The minimum atomic E-state index is -0.0279. The quantitative estimate of drug-likeness (QED) is 0.445. The second kappa shape index (κ2) is 9.32. The van der Waals surface area contributed by atoms with Crippen LogP contribution in [0.3, 0.4) is 0 Å². The predicted octanol–water partition coefficient (Wildman–Crippen LogP) is 4.37. The van der Waals surface area contributed by atoms with E-state index in [4.69, 9.17) is 0 Å². The number of aromatic nitrogens is 2. The molecule has 146 valence electrons. The van der Waals surface area contributed by atoms with E-state index in [2.05, 4.69) is 22.5 Å². The van der Waals surface area contributed by atoms with E-state index in [0.717, 1.165) is 12.2 Å². The second-order valence-corrected chi connectivity index (χ2v) is 7.50. The van der Waals surface area contributed by atoms with Gasteiger partial charge in [0.05, 0.1) is 10.6 Å². The Labute approximate surface area is 174 Å². The summed E-state index contributed by atoms with van der Waals surface area (Å²) in [6.07, 6.45) is 1.89. The Morgan fingerprint density at radius 3 is 2.45 bits per heavy atom. The number of carbonyl (C=O) groups is 1. The summed E-state index contributed by atoms with van der Waals surface area (Å²) in [7, 11) is 0. The number of amides is 1. The van der Waals surface area contributed by atoms with Gasteiger partial charge in [0.25, 0.3) is 5.91 Å². The van der Waals surface area contributed by atoms with E-state index in [0.29, 0.717) is 23.8 Å². The topological polar surface area (TPSA) is 50.2 Å². The SMILES string of the molecule is O=C(c1cccs1)N(CCNCc1ccccc1)c1ccn(-c2ccccc2)n1. The van der Waals surface area contributed by atoms with E-state index in [1.54, 1.807) is 9.58 Å². The van der Waals surface area contributed by atoms with Crippen LogP contribution in [0.15, 0.2) is 90.4 Å². The van der Waals surface area contributed by atoms with E-state index in [-0.39, 0.29) is 5.91 Å².